The van der Waals surface area contributed by atoms with Crippen LogP contribution in [0.1, 0.15) is 10.4 Å². The smallest absolute Gasteiger partial charge is 0.270 e. The van der Waals surface area contributed by atoms with Gasteiger partial charge in [-0.1, -0.05) is 6.07 Å². The topological polar surface area (TPSA) is 84.5 Å². The van der Waals surface area contributed by atoms with Gasteiger partial charge in [0.05, 0.1) is 11.3 Å². The first-order valence-electron chi connectivity index (χ1n) is 7.85. The molecule has 0 radical (unpaired) electrons. The molecule has 2 heterocycles. The normalized spacial score (nSPS) is 15.4. The van der Waals surface area contributed by atoms with Crippen molar-refractivity contribution in [2.75, 3.05) is 32.7 Å². The summed E-state index contributed by atoms with van der Waals surface area (Å²) in [4.78, 5) is 30.9. The molecule has 1 aromatic carbocycles. The first-order chi connectivity index (χ1) is 11.6. The molecule has 0 N–H and O–H groups in total. The lowest BCUT2D eigenvalue weighted by molar-refractivity contribution is -0.384. The summed E-state index contributed by atoms with van der Waals surface area (Å²) in [5.74, 6) is -0.145. The lowest BCUT2D eigenvalue weighted by Gasteiger charge is -2.34. The Balaban J connectivity index is 1.53. The minimum atomic E-state index is -0.481. The maximum absolute atomic E-state index is 12.5. The summed E-state index contributed by atoms with van der Waals surface area (Å²) in [6, 6.07) is 5.91. The summed E-state index contributed by atoms with van der Waals surface area (Å²) in [5.41, 5.74) is 0.316. The molecule has 3 rings (SSSR count). The van der Waals surface area contributed by atoms with Crippen molar-refractivity contribution in [3.8, 4) is 0 Å². The van der Waals surface area contributed by atoms with Crippen LogP contribution in [0.2, 0.25) is 0 Å². The number of hydrogen-bond acceptors (Lipinski definition) is 5. The zero-order valence-corrected chi connectivity index (χ0v) is 13.2. The maximum Gasteiger partial charge on any atom is 0.270 e. The van der Waals surface area contributed by atoms with Crippen molar-refractivity contribution in [1.29, 1.82) is 0 Å². The van der Waals surface area contributed by atoms with Crippen LogP contribution in [0.25, 0.3) is 0 Å². The van der Waals surface area contributed by atoms with Gasteiger partial charge in [0.1, 0.15) is 0 Å². The number of rotatable bonds is 5. The fourth-order valence-electron chi connectivity index (χ4n) is 2.79. The summed E-state index contributed by atoms with van der Waals surface area (Å²) < 4.78 is 2.03. The first-order valence-corrected chi connectivity index (χ1v) is 7.85. The zero-order valence-electron chi connectivity index (χ0n) is 13.2. The van der Waals surface area contributed by atoms with Gasteiger partial charge in [-0.15, -0.1) is 0 Å². The van der Waals surface area contributed by atoms with Gasteiger partial charge in [0.25, 0.3) is 11.6 Å². The molecule has 2 aromatic rings. The summed E-state index contributed by atoms with van der Waals surface area (Å²) in [6.45, 7) is 4.65. The Bertz CT molecular complexity index is 708. The molecule has 8 nitrogen and oxygen atoms in total. The van der Waals surface area contributed by atoms with E-state index >= 15 is 0 Å². The summed E-state index contributed by atoms with van der Waals surface area (Å²) >= 11 is 0. The molecule has 0 aliphatic carbocycles. The van der Waals surface area contributed by atoms with Crippen molar-refractivity contribution >= 4 is 11.6 Å². The molecule has 1 aliphatic rings. The Morgan fingerprint density at radius 2 is 2.00 bits per heavy atom. The highest BCUT2D eigenvalue weighted by molar-refractivity contribution is 5.94. The van der Waals surface area contributed by atoms with Gasteiger partial charge in [0.2, 0.25) is 0 Å². The second-order valence-corrected chi connectivity index (χ2v) is 5.74. The Kier molecular flexibility index (Phi) is 4.85. The van der Waals surface area contributed by atoms with E-state index in [-0.39, 0.29) is 11.6 Å². The van der Waals surface area contributed by atoms with Crippen LogP contribution in [-0.2, 0) is 6.54 Å². The van der Waals surface area contributed by atoms with Gasteiger partial charge in [0.15, 0.2) is 0 Å². The molecule has 0 atom stereocenters. The number of piperazine rings is 1. The van der Waals surface area contributed by atoms with Crippen LogP contribution in [0.3, 0.4) is 0 Å². The molecule has 1 saturated heterocycles. The third-order valence-electron chi connectivity index (χ3n) is 4.20. The number of non-ortho nitro benzene ring substituents is 1. The Morgan fingerprint density at radius 1 is 1.21 bits per heavy atom. The predicted molar refractivity (Wildman–Crippen MR) is 87.7 cm³/mol. The second-order valence-electron chi connectivity index (χ2n) is 5.74. The molecular weight excluding hydrogens is 310 g/mol. The van der Waals surface area contributed by atoms with Crippen molar-refractivity contribution in [2.45, 2.75) is 6.54 Å². The molecular formula is C16H19N5O3. The summed E-state index contributed by atoms with van der Waals surface area (Å²) in [6.07, 6.45) is 5.49. The highest BCUT2D eigenvalue weighted by Crippen LogP contribution is 2.16. The fraction of sp³-hybridized carbons (Fsp3) is 0.375. The van der Waals surface area contributed by atoms with Gasteiger partial charge in [-0.2, -0.15) is 0 Å². The molecule has 0 spiro atoms. The van der Waals surface area contributed by atoms with E-state index in [1.165, 1.54) is 12.1 Å². The van der Waals surface area contributed by atoms with Crippen LogP contribution >= 0.6 is 0 Å². The number of carbonyl (C=O) groups is 1. The van der Waals surface area contributed by atoms with Gasteiger partial charge in [0, 0.05) is 69.4 Å². The van der Waals surface area contributed by atoms with E-state index in [1.54, 1.807) is 29.6 Å². The summed E-state index contributed by atoms with van der Waals surface area (Å²) in [7, 11) is 0. The first kappa shape index (κ1) is 16.1. The largest absolute Gasteiger partial charge is 0.336 e. The van der Waals surface area contributed by atoms with E-state index in [9.17, 15) is 14.9 Å². The van der Waals surface area contributed by atoms with Crippen molar-refractivity contribution in [1.82, 2.24) is 19.4 Å². The molecule has 0 unspecified atom stereocenters. The predicted octanol–water partition coefficient (Wildman–Crippen LogP) is 1.25. The standard InChI is InChI=1S/C16H19N5O3/c22-16(14-2-1-3-15(12-14)21(23)24)20-10-8-18(9-11-20)6-7-19-5-4-17-13-19/h1-5,12-13H,6-11H2. The van der Waals surface area contributed by atoms with Gasteiger partial charge in [-0.25, -0.2) is 4.98 Å². The van der Waals surface area contributed by atoms with E-state index in [0.717, 1.165) is 26.2 Å². The van der Waals surface area contributed by atoms with Gasteiger partial charge in [-0.3, -0.25) is 19.8 Å². The van der Waals surface area contributed by atoms with Crippen LogP contribution in [0.5, 0.6) is 0 Å². The number of nitrogens with zero attached hydrogens (tertiary/aromatic N) is 5. The van der Waals surface area contributed by atoms with E-state index in [1.807, 2.05) is 10.8 Å². The van der Waals surface area contributed by atoms with Crippen LogP contribution in [0.15, 0.2) is 43.0 Å². The summed E-state index contributed by atoms with van der Waals surface area (Å²) in [5, 5.41) is 10.8. The fourth-order valence-corrected chi connectivity index (χ4v) is 2.79. The van der Waals surface area contributed by atoms with Crippen molar-refractivity contribution in [3.05, 3.63) is 58.7 Å². The highest BCUT2D eigenvalue weighted by Gasteiger charge is 2.23. The Morgan fingerprint density at radius 3 is 2.67 bits per heavy atom. The van der Waals surface area contributed by atoms with Crippen LogP contribution < -0.4 is 0 Å². The van der Waals surface area contributed by atoms with E-state index in [4.69, 9.17) is 0 Å². The number of nitro benzene ring substituents is 1. The SMILES string of the molecule is O=C(c1cccc([N+](=O)[O-])c1)N1CCN(CCn2ccnc2)CC1. The van der Waals surface area contributed by atoms with E-state index in [0.29, 0.717) is 18.7 Å². The zero-order chi connectivity index (χ0) is 16.9. The number of hydrogen-bond donors (Lipinski definition) is 0. The monoisotopic (exact) mass is 329 g/mol. The third kappa shape index (κ3) is 3.77. The number of imidazole rings is 1. The molecule has 0 bridgehead atoms. The lowest BCUT2D eigenvalue weighted by Crippen LogP contribution is -2.49. The average Bonchev–Trinajstić information content (AvgIpc) is 3.13. The highest BCUT2D eigenvalue weighted by atomic mass is 16.6. The van der Waals surface area contributed by atoms with Crippen molar-refractivity contribution in [2.24, 2.45) is 0 Å². The number of carbonyl (C=O) groups excluding carboxylic acids is 1. The molecule has 0 saturated carbocycles. The number of benzene rings is 1. The second kappa shape index (κ2) is 7.22. The van der Waals surface area contributed by atoms with Crippen LogP contribution in [0.4, 0.5) is 5.69 Å². The maximum atomic E-state index is 12.5. The molecule has 8 heteroatoms. The minimum absolute atomic E-state index is 0.0557. The molecule has 1 aromatic heterocycles. The number of aromatic nitrogens is 2. The van der Waals surface area contributed by atoms with E-state index in [2.05, 4.69) is 9.88 Å². The van der Waals surface area contributed by atoms with Crippen LogP contribution in [-0.4, -0.2) is 62.9 Å². The molecule has 1 amide bonds. The number of amides is 1. The van der Waals surface area contributed by atoms with Gasteiger partial charge >= 0.3 is 0 Å². The Hall–Kier alpha value is -2.74. The average molecular weight is 329 g/mol. The van der Waals surface area contributed by atoms with Gasteiger partial charge < -0.3 is 9.47 Å². The van der Waals surface area contributed by atoms with Crippen molar-refractivity contribution < 1.29 is 9.72 Å². The molecule has 1 aliphatic heterocycles. The molecule has 126 valence electrons. The van der Waals surface area contributed by atoms with Crippen molar-refractivity contribution in [3.63, 3.8) is 0 Å². The van der Waals surface area contributed by atoms with E-state index < -0.39 is 4.92 Å². The lowest BCUT2D eigenvalue weighted by atomic mass is 10.1. The van der Waals surface area contributed by atoms with Crippen LogP contribution in [0, 0.1) is 10.1 Å². The Labute approximate surface area is 139 Å². The minimum Gasteiger partial charge on any atom is -0.336 e. The van der Waals surface area contributed by atoms with Gasteiger partial charge in [-0.05, 0) is 6.07 Å². The third-order valence-corrected chi connectivity index (χ3v) is 4.20. The number of nitro groups is 1. The quantitative estimate of drug-likeness (QED) is 0.609. The molecule has 1 fully saturated rings. The molecule has 24 heavy (non-hydrogen) atoms.